The monoisotopic (exact) mass is 467 g/mol. The number of anilines is 1. The van der Waals surface area contributed by atoms with Crippen molar-refractivity contribution in [3.63, 3.8) is 0 Å². The number of carbonyl (C=O) groups is 1. The van der Waals surface area contributed by atoms with Crippen molar-refractivity contribution in [2.45, 2.75) is 18.9 Å². The second-order valence-corrected chi connectivity index (χ2v) is 7.76. The van der Waals surface area contributed by atoms with Gasteiger partial charge in [-0.05, 0) is 63.9 Å². The minimum atomic E-state index is -0.0538. The first-order chi connectivity index (χ1) is 9.39. The summed E-state index contributed by atoms with van der Waals surface area (Å²) >= 11 is 10.3. The van der Waals surface area contributed by atoms with Crippen molar-refractivity contribution < 1.29 is 4.79 Å². The highest BCUT2D eigenvalue weighted by Gasteiger charge is 2.28. The van der Waals surface area contributed by atoms with E-state index in [0.717, 1.165) is 38.6 Å². The second kappa shape index (κ2) is 6.87. The maximum absolute atomic E-state index is 12.1. The highest BCUT2D eigenvalue weighted by atomic mass is 79.9. The van der Waals surface area contributed by atoms with E-state index >= 15 is 0 Å². The van der Waals surface area contributed by atoms with Crippen molar-refractivity contribution in [2.24, 2.45) is 0 Å². The standard InChI is InChI=1S/C13H16Br3N3O/c1-13(2-3-17-7-13)18-6-11(20)19-12-9(15)4-8(14)5-10(12)16/h4-5,17-18H,2-3,6-7H2,1H3,(H,19,20). The molecule has 0 bridgehead atoms. The van der Waals surface area contributed by atoms with Crippen molar-refractivity contribution in [3.8, 4) is 0 Å². The van der Waals surface area contributed by atoms with E-state index in [0.29, 0.717) is 6.54 Å². The van der Waals surface area contributed by atoms with Gasteiger partial charge in [-0.3, -0.25) is 4.79 Å². The Hall–Kier alpha value is 0.0500. The van der Waals surface area contributed by atoms with Crippen LogP contribution in [0.3, 0.4) is 0 Å². The molecule has 7 heteroatoms. The quantitative estimate of drug-likeness (QED) is 0.634. The molecule has 0 spiro atoms. The van der Waals surface area contributed by atoms with Crippen molar-refractivity contribution in [1.82, 2.24) is 10.6 Å². The van der Waals surface area contributed by atoms with Gasteiger partial charge >= 0.3 is 0 Å². The normalized spacial score (nSPS) is 22.0. The summed E-state index contributed by atoms with van der Waals surface area (Å²) in [5.41, 5.74) is 0.751. The van der Waals surface area contributed by atoms with Crippen molar-refractivity contribution in [2.75, 3.05) is 25.0 Å². The van der Waals surface area contributed by atoms with Gasteiger partial charge in [0.05, 0.1) is 12.2 Å². The van der Waals surface area contributed by atoms with Crippen LogP contribution in [0.5, 0.6) is 0 Å². The molecule has 1 aromatic rings. The molecular formula is C13H16Br3N3O. The Bertz CT molecular complexity index is 493. The van der Waals surface area contributed by atoms with Gasteiger partial charge in [0.15, 0.2) is 0 Å². The van der Waals surface area contributed by atoms with Gasteiger partial charge in [0.1, 0.15) is 0 Å². The topological polar surface area (TPSA) is 53.2 Å². The van der Waals surface area contributed by atoms with E-state index in [1.807, 2.05) is 12.1 Å². The smallest absolute Gasteiger partial charge is 0.238 e. The van der Waals surface area contributed by atoms with E-state index in [2.05, 4.69) is 70.7 Å². The summed E-state index contributed by atoms with van der Waals surface area (Å²) in [6, 6.07) is 3.80. The fourth-order valence-electron chi connectivity index (χ4n) is 2.11. The van der Waals surface area contributed by atoms with Crippen LogP contribution in [0.25, 0.3) is 0 Å². The second-order valence-electron chi connectivity index (χ2n) is 5.13. The van der Waals surface area contributed by atoms with E-state index in [1.165, 1.54) is 0 Å². The summed E-state index contributed by atoms with van der Waals surface area (Å²) < 4.78 is 2.61. The molecule has 0 radical (unpaired) electrons. The van der Waals surface area contributed by atoms with Gasteiger partial charge < -0.3 is 16.0 Å². The Morgan fingerprint density at radius 2 is 2.00 bits per heavy atom. The maximum atomic E-state index is 12.1. The van der Waals surface area contributed by atoms with Gasteiger partial charge in [-0.2, -0.15) is 0 Å². The molecule has 1 fully saturated rings. The van der Waals surface area contributed by atoms with Crippen molar-refractivity contribution in [1.29, 1.82) is 0 Å². The molecule has 110 valence electrons. The Morgan fingerprint density at radius 3 is 2.55 bits per heavy atom. The number of hydrogen-bond acceptors (Lipinski definition) is 3. The zero-order valence-corrected chi connectivity index (χ0v) is 15.8. The largest absolute Gasteiger partial charge is 0.323 e. The zero-order chi connectivity index (χ0) is 14.8. The minimum Gasteiger partial charge on any atom is -0.323 e. The van der Waals surface area contributed by atoms with Crippen LogP contribution in [0.15, 0.2) is 25.6 Å². The fraction of sp³-hybridized carbons (Fsp3) is 0.462. The summed E-state index contributed by atoms with van der Waals surface area (Å²) in [5.74, 6) is -0.0538. The molecule has 3 N–H and O–H groups in total. The Labute approximate surface area is 143 Å². The van der Waals surface area contributed by atoms with Crippen molar-refractivity contribution >= 4 is 59.4 Å². The lowest BCUT2D eigenvalue weighted by atomic mass is 10.0. The summed E-state index contributed by atoms with van der Waals surface area (Å²) in [6.45, 7) is 4.32. The van der Waals surface area contributed by atoms with Crippen LogP contribution in [0.2, 0.25) is 0 Å². The number of benzene rings is 1. The number of amides is 1. The molecule has 1 amide bonds. The molecule has 0 aliphatic carbocycles. The molecule has 0 aromatic heterocycles. The molecule has 1 atom stereocenters. The van der Waals surface area contributed by atoms with Crippen LogP contribution in [0.1, 0.15) is 13.3 Å². The highest BCUT2D eigenvalue weighted by Crippen LogP contribution is 2.34. The van der Waals surface area contributed by atoms with E-state index < -0.39 is 0 Å². The first-order valence-electron chi connectivity index (χ1n) is 6.30. The number of hydrogen-bond donors (Lipinski definition) is 3. The maximum Gasteiger partial charge on any atom is 0.238 e. The van der Waals surface area contributed by atoms with Gasteiger partial charge in [0, 0.05) is 25.5 Å². The minimum absolute atomic E-state index is 0.00548. The van der Waals surface area contributed by atoms with Gasteiger partial charge in [-0.1, -0.05) is 15.9 Å². The van der Waals surface area contributed by atoms with Gasteiger partial charge in [-0.25, -0.2) is 0 Å². The summed E-state index contributed by atoms with van der Waals surface area (Å²) in [5, 5.41) is 9.52. The molecule has 0 saturated carbocycles. The number of nitrogens with one attached hydrogen (secondary N) is 3. The predicted molar refractivity (Wildman–Crippen MR) is 92.1 cm³/mol. The zero-order valence-electron chi connectivity index (χ0n) is 11.0. The lowest BCUT2D eigenvalue weighted by Crippen LogP contribution is -2.47. The van der Waals surface area contributed by atoms with E-state index in [4.69, 9.17) is 0 Å². The molecule has 1 unspecified atom stereocenters. The summed E-state index contributed by atoms with van der Waals surface area (Å²) in [7, 11) is 0. The summed E-state index contributed by atoms with van der Waals surface area (Å²) in [4.78, 5) is 12.1. The average molecular weight is 470 g/mol. The molecule has 1 aliphatic rings. The molecule has 4 nitrogen and oxygen atoms in total. The molecule has 1 aliphatic heterocycles. The first kappa shape index (κ1) is 16.4. The van der Waals surface area contributed by atoms with Crippen LogP contribution in [0.4, 0.5) is 5.69 Å². The molecular weight excluding hydrogens is 454 g/mol. The van der Waals surface area contributed by atoms with Crippen LogP contribution in [-0.4, -0.2) is 31.1 Å². The van der Waals surface area contributed by atoms with E-state index in [-0.39, 0.29) is 11.4 Å². The van der Waals surface area contributed by atoms with E-state index in [1.54, 1.807) is 0 Å². The molecule has 2 rings (SSSR count). The van der Waals surface area contributed by atoms with Gasteiger partial charge in [0.25, 0.3) is 0 Å². The number of carbonyl (C=O) groups excluding carboxylic acids is 1. The fourth-order valence-corrected chi connectivity index (χ4v) is 4.56. The van der Waals surface area contributed by atoms with Gasteiger partial charge in [-0.15, -0.1) is 0 Å². The highest BCUT2D eigenvalue weighted by molar-refractivity contribution is 9.11. The number of rotatable bonds is 4. The van der Waals surface area contributed by atoms with Crippen LogP contribution in [0, 0.1) is 0 Å². The third-order valence-electron chi connectivity index (χ3n) is 3.32. The van der Waals surface area contributed by atoms with Crippen LogP contribution < -0.4 is 16.0 Å². The third kappa shape index (κ3) is 4.27. The van der Waals surface area contributed by atoms with Gasteiger partial charge in [0.2, 0.25) is 5.91 Å². The summed E-state index contributed by atoms with van der Waals surface area (Å²) in [6.07, 6.45) is 1.03. The van der Waals surface area contributed by atoms with Crippen LogP contribution in [-0.2, 0) is 4.79 Å². The lowest BCUT2D eigenvalue weighted by molar-refractivity contribution is -0.115. The SMILES string of the molecule is CC1(NCC(=O)Nc2c(Br)cc(Br)cc2Br)CCNC1. The first-order valence-corrected chi connectivity index (χ1v) is 8.68. The molecule has 1 saturated heterocycles. The predicted octanol–water partition coefficient (Wildman–Crippen LogP) is 3.25. The third-order valence-corrected chi connectivity index (χ3v) is 5.02. The van der Waals surface area contributed by atoms with Crippen LogP contribution >= 0.6 is 47.8 Å². The molecule has 20 heavy (non-hydrogen) atoms. The van der Waals surface area contributed by atoms with E-state index in [9.17, 15) is 4.79 Å². The van der Waals surface area contributed by atoms with Crippen molar-refractivity contribution in [3.05, 3.63) is 25.6 Å². The average Bonchev–Trinajstić information content (AvgIpc) is 2.79. The molecule has 1 heterocycles. The Kier molecular flexibility index (Phi) is 5.64. The molecule has 1 aromatic carbocycles. The number of halogens is 3. The Balaban J connectivity index is 1.95. The Morgan fingerprint density at radius 1 is 1.35 bits per heavy atom. The lowest BCUT2D eigenvalue weighted by Gasteiger charge is -2.24.